The maximum atomic E-state index is 12.6. The number of carbonyl (C=O) groups excluding carboxylic acids is 1. The number of rotatable bonds is 7. The first-order chi connectivity index (χ1) is 11.8. The average Bonchev–Trinajstić information content (AvgIpc) is 3.13. The van der Waals surface area contributed by atoms with Gasteiger partial charge in [-0.05, 0) is 28.0 Å². The second-order valence-corrected chi connectivity index (χ2v) is 5.54. The number of amides is 1. The summed E-state index contributed by atoms with van der Waals surface area (Å²) in [5.41, 5.74) is 2.32. The normalized spacial score (nSPS) is 10.5. The molecule has 0 saturated carbocycles. The maximum Gasteiger partial charge on any atom is 0.244 e. The fraction of sp³-hybridized carbons (Fsp3) is 0.222. The van der Waals surface area contributed by atoms with Gasteiger partial charge < -0.3 is 4.90 Å². The van der Waals surface area contributed by atoms with E-state index in [1.807, 2.05) is 53.4 Å². The minimum Gasteiger partial charge on any atom is -0.336 e. The molecule has 0 unspecified atom stereocenters. The monoisotopic (exact) mass is 321 g/mol. The molecule has 0 spiro atoms. The third kappa shape index (κ3) is 4.49. The lowest BCUT2D eigenvalue weighted by molar-refractivity contribution is -0.132. The van der Waals surface area contributed by atoms with Crippen molar-refractivity contribution in [3.8, 4) is 0 Å². The van der Waals surface area contributed by atoms with Gasteiger partial charge in [0.05, 0.1) is 0 Å². The molecule has 0 bridgehead atoms. The van der Waals surface area contributed by atoms with Gasteiger partial charge in [0.15, 0.2) is 0 Å². The van der Waals surface area contributed by atoms with Gasteiger partial charge in [0.2, 0.25) is 5.91 Å². The van der Waals surface area contributed by atoms with Crippen molar-refractivity contribution in [1.82, 2.24) is 25.1 Å². The fourth-order valence-corrected chi connectivity index (χ4v) is 2.50. The lowest BCUT2D eigenvalue weighted by atomic mass is 10.1. The summed E-state index contributed by atoms with van der Waals surface area (Å²) < 4.78 is 1.45. The highest BCUT2D eigenvalue weighted by Gasteiger charge is 2.15. The standard InChI is InChI=1S/C18H19N5O/c24-18(14-23-15-19-20-21-23)22(13-17-9-5-2-6-10-17)12-11-16-7-3-1-4-8-16/h1-10,15H,11-14H2. The van der Waals surface area contributed by atoms with Crippen LogP contribution in [0.1, 0.15) is 11.1 Å². The molecule has 0 aliphatic heterocycles. The number of nitrogens with zero attached hydrogens (tertiary/aromatic N) is 5. The Bertz CT molecular complexity index is 744. The first-order valence-corrected chi connectivity index (χ1v) is 7.87. The lowest BCUT2D eigenvalue weighted by Crippen LogP contribution is -2.35. The van der Waals surface area contributed by atoms with Crippen LogP contribution < -0.4 is 0 Å². The van der Waals surface area contributed by atoms with Gasteiger partial charge in [-0.1, -0.05) is 60.7 Å². The lowest BCUT2D eigenvalue weighted by Gasteiger charge is -2.23. The highest BCUT2D eigenvalue weighted by molar-refractivity contribution is 5.75. The Morgan fingerprint density at radius 2 is 1.62 bits per heavy atom. The topological polar surface area (TPSA) is 63.9 Å². The summed E-state index contributed by atoms with van der Waals surface area (Å²) in [5.74, 6) is 0.00193. The van der Waals surface area contributed by atoms with Crippen molar-refractivity contribution in [1.29, 1.82) is 0 Å². The van der Waals surface area contributed by atoms with Crippen LogP contribution in [0.15, 0.2) is 67.0 Å². The molecule has 0 radical (unpaired) electrons. The van der Waals surface area contributed by atoms with Crippen molar-refractivity contribution in [3.05, 3.63) is 78.1 Å². The zero-order valence-corrected chi connectivity index (χ0v) is 13.3. The summed E-state index contributed by atoms with van der Waals surface area (Å²) >= 11 is 0. The van der Waals surface area contributed by atoms with E-state index in [2.05, 4.69) is 27.7 Å². The highest BCUT2D eigenvalue weighted by Crippen LogP contribution is 2.08. The van der Waals surface area contributed by atoms with Gasteiger partial charge >= 0.3 is 0 Å². The number of aromatic nitrogens is 4. The number of hydrogen-bond acceptors (Lipinski definition) is 4. The Morgan fingerprint density at radius 3 is 2.25 bits per heavy atom. The van der Waals surface area contributed by atoms with Gasteiger partial charge in [0.1, 0.15) is 12.9 Å². The van der Waals surface area contributed by atoms with E-state index in [0.717, 1.165) is 12.0 Å². The van der Waals surface area contributed by atoms with Gasteiger partial charge in [-0.3, -0.25) is 4.79 Å². The van der Waals surface area contributed by atoms with Crippen LogP contribution >= 0.6 is 0 Å². The van der Waals surface area contributed by atoms with E-state index in [0.29, 0.717) is 13.1 Å². The second-order valence-electron chi connectivity index (χ2n) is 5.54. The Balaban J connectivity index is 1.68. The van der Waals surface area contributed by atoms with E-state index in [9.17, 15) is 4.79 Å². The molecule has 24 heavy (non-hydrogen) atoms. The van der Waals surface area contributed by atoms with E-state index < -0.39 is 0 Å². The zero-order chi connectivity index (χ0) is 16.6. The summed E-state index contributed by atoms with van der Waals surface area (Å²) in [6, 6.07) is 20.2. The number of carbonyl (C=O) groups is 1. The summed E-state index contributed by atoms with van der Waals surface area (Å²) in [4.78, 5) is 14.5. The Labute approximate surface area is 140 Å². The minimum absolute atomic E-state index is 0.00193. The van der Waals surface area contributed by atoms with Crippen molar-refractivity contribution < 1.29 is 4.79 Å². The second kappa shape index (κ2) is 8.01. The van der Waals surface area contributed by atoms with Crippen LogP contribution in [0, 0.1) is 0 Å². The first-order valence-electron chi connectivity index (χ1n) is 7.87. The van der Waals surface area contributed by atoms with Gasteiger partial charge in [0.25, 0.3) is 0 Å². The van der Waals surface area contributed by atoms with Crippen molar-refractivity contribution in [3.63, 3.8) is 0 Å². The first kappa shape index (κ1) is 15.9. The maximum absolute atomic E-state index is 12.6. The molecule has 6 nitrogen and oxygen atoms in total. The van der Waals surface area contributed by atoms with Crippen LogP contribution in [0.3, 0.4) is 0 Å². The van der Waals surface area contributed by atoms with Gasteiger partial charge in [-0.25, -0.2) is 4.68 Å². The molecule has 3 rings (SSSR count). The fourth-order valence-electron chi connectivity index (χ4n) is 2.50. The molecule has 0 atom stereocenters. The minimum atomic E-state index is 0.00193. The summed E-state index contributed by atoms with van der Waals surface area (Å²) in [7, 11) is 0. The van der Waals surface area contributed by atoms with E-state index in [-0.39, 0.29) is 12.5 Å². The number of benzene rings is 2. The molecule has 0 fully saturated rings. The predicted molar refractivity (Wildman–Crippen MR) is 89.8 cm³/mol. The molecule has 1 amide bonds. The van der Waals surface area contributed by atoms with Crippen LogP contribution in [-0.2, 0) is 24.3 Å². The van der Waals surface area contributed by atoms with Crippen molar-refractivity contribution in [2.45, 2.75) is 19.5 Å². The van der Waals surface area contributed by atoms with Gasteiger partial charge in [-0.15, -0.1) is 5.10 Å². The highest BCUT2D eigenvalue weighted by atomic mass is 16.2. The smallest absolute Gasteiger partial charge is 0.244 e. The average molecular weight is 321 g/mol. The molecular formula is C18H19N5O. The third-order valence-corrected chi connectivity index (χ3v) is 3.77. The molecule has 122 valence electrons. The largest absolute Gasteiger partial charge is 0.336 e. The summed E-state index contributed by atoms with van der Waals surface area (Å²) in [5, 5.41) is 10.9. The van der Waals surface area contributed by atoms with E-state index in [1.54, 1.807) is 0 Å². The number of hydrogen-bond donors (Lipinski definition) is 0. The quantitative estimate of drug-likeness (QED) is 0.667. The van der Waals surface area contributed by atoms with Crippen molar-refractivity contribution in [2.75, 3.05) is 6.54 Å². The van der Waals surface area contributed by atoms with Crippen molar-refractivity contribution >= 4 is 5.91 Å². The van der Waals surface area contributed by atoms with E-state index in [1.165, 1.54) is 16.6 Å². The van der Waals surface area contributed by atoms with Gasteiger partial charge in [0, 0.05) is 13.1 Å². The molecule has 6 heteroatoms. The Kier molecular flexibility index (Phi) is 5.29. The molecule has 1 heterocycles. The molecule has 0 N–H and O–H groups in total. The van der Waals surface area contributed by atoms with E-state index in [4.69, 9.17) is 0 Å². The molecule has 0 saturated heterocycles. The third-order valence-electron chi connectivity index (χ3n) is 3.77. The van der Waals surface area contributed by atoms with Crippen LogP contribution in [0.25, 0.3) is 0 Å². The summed E-state index contributed by atoms with van der Waals surface area (Å²) in [6.07, 6.45) is 2.27. The zero-order valence-electron chi connectivity index (χ0n) is 13.3. The molecule has 3 aromatic rings. The van der Waals surface area contributed by atoms with Crippen LogP contribution in [0.2, 0.25) is 0 Å². The van der Waals surface area contributed by atoms with Crippen molar-refractivity contribution in [2.24, 2.45) is 0 Å². The molecule has 2 aromatic carbocycles. The SMILES string of the molecule is O=C(Cn1cnnn1)N(CCc1ccccc1)Cc1ccccc1. The number of tetrazole rings is 1. The molecule has 0 aliphatic carbocycles. The van der Waals surface area contributed by atoms with Crippen LogP contribution in [-0.4, -0.2) is 37.6 Å². The Morgan fingerprint density at radius 1 is 0.958 bits per heavy atom. The molecule has 1 aromatic heterocycles. The predicted octanol–water partition coefficient (Wildman–Crippen LogP) is 1.94. The molecular weight excluding hydrogens is 302 g/mol. The molecule has 0 aliphatic rings. The van der Waals surface area contributed by atoms with Crippen LogP contribution in [0.5, 0.6) is 0 Å². The van der Waals surface area contributed by atoms with Crippen LogP contribution in [0.4, 0.5) is 0 Å². The summed E-state index contributed by atoms with van der Waals surface area (Å²) in [6.45, 7) is 1.38. The Hall–Kier alpha value is -3.02. The van der Waals surface area contributed by atoms with E-state index >= 15 is 0 Å². The van der Waals surface area contributed by atoms with Gasteiger partial charge in [-0.2, -0.15) is 0 Å².